The van der Waals surface area contributed by atoms with Gasteiger partial charge in [-0.05, 0) is 38.3 Å². The molecule has 1 heterocycles. The van der Waals surface area contributed by atoms with E-state index in [1.54, 1.807) is 0 Å². The smallest absolute Gasteiger partial charge is 0.0828 e. The zero-order chi connectivity index (χ0) is 13.5. The van der Waals surface area contributed by atoms with Crippen LogP contribution in [0.3, 0.4) is 0 Å². The largest absolute Gasteiger partial charge is 0.371 e. The van der Waals surface area contributed by atoms with Gasteiger partial charge in [0.1, 0.15) is 0 Å². The molecular formula is C16H26N2O. The van der Waals surface area contributed by atoms with Gasteiger partial charge in [0.05, 0.1) is 12.2 Å². The Bertz CT molecular complexity index is 355. The van der Waals surface area contributed by atoms with Crippen molar-refractivity contribution >= 4 is 0 Å². The maximum Gasteiger partial charge on any atom is 0.0828 e. The molecule has 2 unspecified atom stereocenters. The number of nitrogens with zero attached hydrogens (tertiary/aromatic N) is 1. The summed E-state index contributed by atoms with van der Waals surface area (Å²) in [4.78, 5) is 2.50. The maximum absolute atomic E-state index is 5.77. The van der Waals surface area contributed by atoms with Gasteiger partial charge in [-0.15, -0.1) is 0 Å². The fourth-order valence-electron chi connectivity index (χ4n) is 2.76. The minimum atomic E-state index is 0.220. The fourth-order valence-corrected chi connectivity index (χ4v) is 2.76. The second kappa shape index (κ2) is 7.63. The number of morpholine rings is 1. The van der Waals surface area contributed by atoms with Crippen molar-refractivity contribution in [2.24, 2.45) is 5.73 Å². The Hall–Kier alpha value is -0.900. The Balaban J connectivity index is 1.65. The third kappa shape index (κ3) is 4.94. The van der Waals surface area contributed by atoms with E-state index in [0.717, 1.165) is 19.6 Å². The maximum atomic E-state index is 5.77. The highest BCUT2D eigenvalue weighted by Crippen LogP contribution is 2.12. The number of benzene rings is 1. The van der Waals surface area contributed by atoms with Crippen molar-refractivity contribution in [3.05, 3.63) is 35.9 Å². The van der Waals surface area contributed by atoms with Gasteiger partial charge in [0.2, 0.25) is 0 Å². The molecule has 1 saturated heterocycles. The van der Waals surface area contributed by atoms with E-state index in [1.807, 2.05) is 0 Å². The van der Waals surface area contributed by atoms with Gasteiger partial charge in [-0.3, -0.25) is 4.90 Å². The molecule has 2 atom stereocenters. The molecule has 0 amide bonds. The standard InChI is InChI=1S/C16H26N2O/c1-14-12-18(13-16(11-17)19-14)10-6-5-9-15-7-3-2-4-8-15/h2-4,7-8,14,16H,5-6,9-13,17H2,1H3. The zero-order valence-electron chi connectivity index (χ0n) is 11.9. The summed E-state index contributed by atoms with van der Waals surface area (Å²) in [5.41, 5.74) is 7.15. The predicted octanol–water partition coefficient (Wildman–Crippen LogP) is 2.06. The van der Waals surface area contributed by atoms with E-state index in [0.29, 0.717) is 12.6 Å². The van der Waals surface area contributed by atoms with Crippen molar-refractivity contribution in [2.45, 2.75) is 38.4 Å². The van der Waals surface area contributed by atoms with Gasteiger partial charge in [0.15, 0.2) is 0 Å². The number of hydrogen-bond donors (Lipinski definition) is 1. The molecule has 1 fully saturated rings. The Labute approximate surface area is 116 Å². The lowest BCUT2D eigenvalue weighted by Gasteiger charge is -2.36. The molecule has 106 valence electrons. The van der Waals surface area contributed by atoms with E-state index >= 15 is 0 Å². The summed E-state index contributed by atoms with van der Waals surface area (Å²) in [6.07, 6.45) is 4.22. The molecule has 0 bridgehead atoms. The molecule has 1 aromatic rings. The highest BCUT2D eigenvalue weighted by atomic mass is 16.5. The SMILES string of the molecule is CC1CN(CCCCc2ccccc2)CC(CN)O1. The zero-order valence-corrected chi connectivity index (χ0v) is 11.9. The molecule has 3 nitrogen and oxygen atoms in total. The van der Waals surface area contributed by atoms with Crippen molar-refractivity contribution in [2.75, 3.05) is 26.2 Å². The van der Waals surface area contributed by atoms with Crippen molar-refractivity contribution in [1.82, 2.24) is 4.90 Å². The lowest BCUT2D eigenvalue weighted by Crippen LogP contribution is -2.49. The summed E-state index contributed by atoms with van der Waals surface area (Å²) in [6, 6.07) is 10.7. The number of hydrogen-bond acceptors (Lipinski definition) is 3. The summed E-state index contributed by atoms with van der Waals surface area (Å²) >= 11 is 0. The molecule has 19 heavy (non-hydrogen) atoms. The highest BCUT2D eigenvalue weighted by Gasteiger charge is 2.23. The molecule has 2 rings (SSSR count). The van der Waals surface area contributed by atoms with Crippen LogP contribution in [0.15, 0.2) is 30.3 Å². The molecule has 3 heteroatoms. The number of rotatable bonds is 6. The number of unbranched alkanes of at least 4 members (excludes halogenated alkanes) is 1. The van der Waals surface area contributed by atoms with E-state index in [-0.39, 0.29) is 6.10 Å². The molecule has 1 aliphatic rings. The first kappa shape index (κ1) is 14.5. The third-order valence-corrected chi connectivity index (χ3v) is 3.70. The van der Waals surface area contributed by atoms with E-state index in [9.17, 15) is 0 Å². The molecule has 1 aromatic carbocycles. The molecule has 0 spiro atoms. The first-order chi connectivity index (χ1) is 9.28. The average molecular weight is 262 g/mol. The third-order valence-electron chi connectivity index (χ3n) is 3.70. The van der Waals surface area contributed by atoms with E-state index < -0.39 is 0 Å². The summed E-state index contributed by atoms with van der Waals surface area (Å²) in [7, 11) is 0. The van der Waals surface area contributed by atoms with Crippen LogP contribution in [-0.4, -0.2) is 43.3 Å². The molecule has 0 saturated carbocycles. The molecule has 0 aromatic heterocycles. The van der Waals surface area contributed by atoms with E-state index in [4.69, 9.17) is 10.5 Å². The number of nitrogens with two attached hydrogens (primary N) is 1. The van der Waals surface area contributed by atoms with Gasteiger partial charge in [-0.2, -0.15) is 0 Å². The van der Waals surface area contributed by atoms with Gasteiger partial charge < -0.3 is 10.5 Å². The van der Waals surface area contributed by atoms with Crippen LogP contribution in [0.4, 0.5) is 0 Å². The average Bonchev–Trinajstić information content (AvgIpc) is 2.44. The van der Waals surface area contributed by atoms with Gasteiger partial charge in [-0.25, -0.2) is 0 Å². The highest BCUT2D eigenvalue weighted by molar-refractivity contribution is 5.14. The summed E-state index contributed by atoms with van der Waals surface area (Å²) in [5, 5.41) is 0. The Morgan fingerprint density at radius 2 is 2.00 bits per heavy atom. The van der Waals surface area contributed by atoms with Crippen molar-refractivity contribution in [3.63, 3.8) is 0 Å². The van der Waals surface area contributed by atoms with Gasteiger partial charge in [-0.1, -0.05) is 30.3 Å². The Morgan fingerprint density at radius 1 is 1.21 bits per heavy atom. The monoisotopic (exact) mass is 262 g/mol. The predicted molar refractivity (Wildman–Crippen MR) is 79.2 cm³/mol. The minimum Gasteiger partial charge on any atom is -0.371 e. The quantitative estimate of drug-likeness (QED) is 0.798. The molecule has 2 N–H and O–H groups in total. The Kier molecular flexibility index (Phi) is 5.83. The van der Waals surface area contributed by atoms with Crippen LogP contribution >= 0.6 is 0 Å². The topological polar surface area (TPSA) is 38.5 Å². The molecule has 0 aliphatic carbocycles. The summed E-state index contributed by atoms with van der Waals surface area (Å²) in [6.45, 7) is 5.97. The molecular weight excluding hydrogens is 236 g/mol. The lowest BCUT2D eigenvalue weighted by molar-refractivity contribution is -0.0722. The van der Waals surface area contributed by atoms with Crippen LogP contribution in [0.2, 0.25) is 0 Å². The summed E-state index contributed by atoms with van der Waals surface area (Å²) < 4.78 is 5.77. The lowest BCUT2D eigenvalue weighted by atomic mass is 10.1. The molecule has 1 aliphatic heterocycles. The van der Waals surface area contributed by atoms with Crippen molar-refractivity contribution in [3.8, 4) is 0 Å². The molecule has 0 radical (unpaired) electrons. The van der Waals surface area contributed by atoms with Crippen LogP contribution in [0.1, 0.15) is 25.3 Å². The second-order valence-corrected chi connectivity index (χ2v) is 5.51. The van der Waals surface area contributed by atoms with Crippen molar-refractivity contribution in [1.29, 1.82) is 0 Å². The normalized spacial score (nSPS) is 24.5. The van der Waals surface area contributed by atoms with Crippen molar-refractivity contribution < 1.29 is 4.74 Å². The van der Waals surface area contributed by atoms with Crippen LogP contribution < -0.4 is 5.73 Å². The minimum absolute atomic E-state index is 0.220. The first-order valence-corrected chi connectivity index (χ1v) is 7.39. The van der Waals surface area contributed by atoms with E-state index in [2.05, 4.69) is 42.2 Å². The van der Waals surface area contributed by atoms with Gasteiger partial charge in [0, 0.05) is 19.6 Å². The van der Waals surface area contributed by atoms with Gasteiger partial charge >= 0.3 is 0 Å². The van der Waals surface area contributed by atoms with Crippen LogP contribution in [0, 0.1) is 0 Å². The van der Waals surface area contributed by atoms with Crippen LogP contribution in [-0.2, 0) is 11.2 Å². The van der Waals surface area contributed by atoms with Crippen LogP contribution in [0.5, 0.6) is 0 Å². The first-order valence-electron chi connectivity index (χ1n) is 7.39. The Morgan fingerprint density at radius 3 is 2.74 bits per heavy atom. The number of aryl methyl sites for hydroxylation is 1. The number of ether oxygens (including phenoxy) is 1. The van der Waals surface area contributed by atoms with E-state index in [1.165, 1.54) is 24.8 Å². The second-order valence-electron chi connectivity index (χ2n) is 5.51. The fraction of sp³-hybridized carbons (Fsp3) is 0.625. The van der Waals surface area contributed by atoms with Gasteiger partial charge in [0.25, 0.3) is 0 Å². The summed E-state index contributed by atoms with van der Waals surface area (Å²) in [5.74, 6) is 0. The van der Waals surface area contributed by atoms with Crippen LogP contribution in [0.25, 0.3) is 0 Å².